The van der Waals surface area contributed by atoms with Crippen LogP contribution in [0.25, 0.3) is 0 Å². The summed E-state index contributed by atoms with van der Waals surface area (Å²) in [7, 11) is 3.33. The molecule has 0 saturated carbocycles. The number of rotatable bonds is 1. The van der Waals surface area contributed by atoms with Crippen molar-refractivity contribution in [2.75, 3.05) is 14.1 Å². The maximum absolute atomic E-state index is 11.3. The Morgan fingerprint density at radius 1 is 1.53 bits per heavy atom. The second kappa shape index (κ2) is 5.02. The fourth-order valence-electron chi connectivity index (χ4n) is 1.10. The molecule has 1 aliphatic carbocycles. The Hall–Kier alpha value is -1.23. The number of aliphatic hydroxyl groups excluding tert-OH is 1. The summed E-state index contributed by atoms with van der Waals surface area (Å²) in [5.41, 5.74) is 0.400. The Kier molecular flexibility index (Phi) is 3.96. The highest BCUT2D eigenvalue weighted by molar-refractivity contribution is 8.16. The molecule has 0 unspecified atom stereocenters. The van der Waals surface area contributed by atoms with Crippen LogP contribution in [0.1, 0.15) is 12.8 Å². The summed E-state index contributed by atoms with van der Waals surface area (Å²) in [6, 6.07) is 0. The number of thioether (sulfide) groups is 1. The Balaban J connectivity index is 2.67. The van der Waals surface area contributed by atoms with Crippen LogP contribution >= 0.6 is 11.8 Å². The van der Waals surface area contributed by atoms with E-state index in [4.69, 9.17) is 5.11 Å². The molecule has 1 aliphatic rings. The molecule has 0 aromatic rings. The van der Waals surface area contributed by atoms with Crippen molar-refractivity contribution >= 4 is 22.8 Å². The highest BCUT2D eigenvalue weighted by Crippen LogP contribution is 2.29. The first kappa shape index (κ1) is 11.8. The van der Waals surface area contributed by atoms with E-state index in [-0.39, 0.29) is 11.0 Å². The van der Waals surface area contributed by atoms with Gasteiger partial charge in [0, 0.05) is 19.7 Å². The zero-order chi connectivity index (χ0) is 11.4. The predicted octanol–water partition coefficient (Wildman–Crippen LogP) is 2.09. The normalized spacial score (nSPS) is 18.9. The van der Waals surface area contributed by atoms with Crippen molar-refractivity contribution < 1.29 is 14.7 Å². The molecule has 15 heavy (non-hydrogen) atoms. The predicted molar refractivity (Wildman–Crippen MR) is 59.7 cm³/mol. The minimum absolute atomic E-state index is 0.0921. The van der Waals surface area contributed by atoms with E-state index in [1.165, 1.54) is 11.0 Å². The second-order valence-electron chi connectivity index (χ2n) is 3.39. The first-order valence-corrected chi connectivity index (χ1v) is 5.33. The number of carbonyl (C=O) groups excluding carboxylic acids is 2. The lowest BCUT2D eigenvalue weighted by molar-refractivity contribution is -0.111. The van der Waals surface area contributed by atoms with Crippen LogP contribution in [0, 0.1) is 0 Å². The zero-order valence-corrected chi connectivity index (χ0v) is 9.50. The van der Waals surface area contributed by atoms with E-state index in [2.05, 4.69) is 0 Å². The minimum Gasteiger partial charge on any atom is -0.515 e. The van der Waals surface area contributed by atoms with Crippen LogP contribution in [0.5, 0.6) is 0 Å². The van der Waals surface area contributed by atoms with Gasteiger partial charge in [0.15, 0.2) is 5.78 Å². The standard InChI is InChI=1S/C10H13NO3S/c1-11(2)10(14)15-8-4-3-7(6-12)9(13)5-8/h5-6,12H,3-4H2,1-2H3. The molecule has 0 aliphatic heterocycles. The minimum atomic E-state index is -0.210. The van der Waals surface area contributed by atoms with E-state index < -0.39 is 0 Å². The molecule has 1 N–H and O–H groups in total. The van der Waals surface area contributed by atoms with Crippen molar-refractivity contribution in [2.45, 2.75) is 12.8 Å². The van der Waals surface area contributed by atoms with Crippen LogP contribution in [-0.4, -0.2) is 35.1 Å². The number of nitrogens with zero attached hydrogens (tertiary/aromatic N) is 1. The van der Waals surface area contributed by atoms with Gasteiger partial charge in [-0.15, -0.1) is 0 Å². The van der Waals surface area contributed by atoms with Gasteiger partial charge in [-0.05, 0) is 35.6 Å². The third-order valence-corrected chi connectivity index (χ3v) is 3.11. The fourth-order valence-corrected chi connectivity index (χ4v) is 1.88. The molecule has 4 nitrogen and oxygen atoms in total. The van der Waals surface area contributed by atoms with Crippen LogP contribution in [-0.2, 0) is 4.79 Å². The lowest BCUT2D eigenvalue weighted by Crippen LogP contribution is -2.17. The van der Waals surface area contributed by atoms with Crippen LogP contribution in [0.4, 0.5) is 4.79 Å². The van der Waals surface area contributed by atoms with Crippen molar-refractivity contribution in [3.05, 3.63) is 22.8 Å². The van der Waals surface area contributed by atoms with Gasteiger partial charge >= 0.3 is 0 Å². The average molecular weight is 227 g/mol. The summed E-state index contributed by atoms with van der Waals surface area (Å²) in [5, 5.41) is 8.63. The quantitative estimate of drug-likeness (QED) is 0.550. The number of hydrogen-bond acceptors (Lipinski definition) is 4. The van der Waals surface area contributed by atoms with Gasteiger partial charge in [-0.25, -0.2) is 0 Å². The molecule has 5 heteroatoms. The maximum atomic E-state index is 11.3. The Morgan fingerprint density at radius 3 is 2.67 bits per heavy atom. The van der Waals surface area contributed by atoms with Crippen molar-refractivity contribution in [2.24, 2.45) is 0 Å². The lowest BCUT2D eigenvalue weighted by Gasteiger charge is -2.15. The van der Waals surface area contributed by atoms with Gasteiger partial charge in [-0.3, -0.25) is 9.59 Å². The Morgan fingerprint density at radius 2 is 2.20 bits per heavy atom. The monoisotopic (exact) mass is 227 g/mol. The molecule has 0 bridgehead atoms. The van der Waals surface area contributed by atoms with E-state index in [9.17, 15) is 9.59 Å². The van der Waals surface area contributed by atoms with E-state index in [1.807, 2.05) is 0 Å². The summed E-state index contributed by atoms with van der Waals surface area (Å²) in [6.45, 7) is 0. The van der Waals surface area contributed by atoms with Crippen molar-refractivity contribution in [1.29, 1.82) is 0 Å². The molecule has 0 spiro atoms. The smallest absolute Gasteiger partial charge is 0.285 e. The molecule has 0 atom stereocenters. The first-order chi connectivity index (χ1) is 7.04. The molecule has 0 aromatic carbocycles. The van der Waals surface area contributed by atoms with Crippen LogP contribution < -0.4 is 0 Å². The molecule has 1 rings (SSSR count). The lowest BCUT2D eigenvalue weighted by atomic mass is 10.0. The Bertz CT molecular complexity index is 345. The van der Waals surface area contributed by atoms with Gasteiger partial charge in [0.1, 0.15) is 0 Å². The van der Waals surface area contributed by atoms with E-state index >= 15 is 0 Å². The van der Waals surface area contributed by atoms with Crippen LogP contribution in [0.2, 0.25) is 0 Å². The Labute approximate surface area is 92.6 Å². The summed E-state index contributed by atoms with van der Waals surface area (Å²) >= 11 is 1.06. The number of allylic oxidation sites excluding steroid dienone is 3. The molecule has 1 amide bonds. The molecular formula is C10H13NO3S. The largest absolute Gasteiger partial charge is 0.515 e. The maximum Gasteiger partial charge on any atom is 0.285 e. The van der Waals surface area contributed by atoms with E-state index in [0.29, 0.717) is 18.4 Å². The molecular weight excluding hydrogens is 214 g/mol. The molecule has 0 heterocycles. The summed E-state index contributed by atoms with van der Waals surface area (Å²) in [4.78, 5) is 24.9. The number of aliphatic hydroxyl groups is 1. The van der Waals surface area contributed by atoms with Gasteiger partial charge in [0.2, 0.25) is 0 Å². The van der Waals surface area contributed by atoms with Gasteiger partial charge < -0.3 is 10.0 Å². The molecule has 0 aromatic heterocycles. The van der Waals surface area contributed by atoms with E-state index in [0.717, 1.165) is 22.9 Å². The zero-order valence-electron chi connectivity index (χ0n) is 8.69. The second-order valence-corrected chi connectivity index (χ2v) is 4.47. The number of ketones is 1. The third-order valence-electron chi connectivity index (χ3n) is 1.99. The summed E-state index contributed by atoms with van der Waals surface area (Å²) in [5.74, 6) is -0.210. The fraction of sp³-hybridized carbons (Fsp3) is 0.400. The number of hydrogen-bond donors (Lipinski definition) is 1. The molecule has 0 saturated heterocycles. The summed E-state index contributed by atoms with van der Waals surface area (Å²) in [6.07, 6.45) is 3.38. The van der Waals surface area contributed by atoms with Gasteiger partial charge in [0.05, 0.1) is 6.26 Å². The van der Waals surface area contributed by atoms with E-state index in [1.54, 1.807) is 14.1 Å². The SMILES string of the molecule is CN(C)C(=O)SC1=CC(=O)C(=CO)CC1. The van der Waals surface area contributed by atoms with Crippen LogP contribution in [0.15, 0.2) is 22.8 Å². The van der Waals surface area contributed by atoms with Gasteiger partial charge in [-0.1, -0.05) is 0 Å². The third kappa shape index (κ3) is 3.13. The van der Waals surface area contributed by atoms with Gasteiger partial charge in [-0.2, -0.15) is 0 Å². The highest BCUT2D eigenvalue weighted by Gasteiger charge is 2.18. The van der Waals surface area contributed by atoms with Gasteiger partial charge in [0.25, 0.3) is 5.24 Å². The average Bonchev–Trinajstić information content (AvgIpc) is 2.18. The van der Waals surface area contributed by atoms with Crippen molar-refractivity contribution in [3.8, 4) is 0 Å². The van der Waals surface area contributed by atoms with Crippen LogP contribution in [0.3, 0.4) is 0 Å². The highest BCUT2D eigenvalue weighted by atomic mass is 32.2. The summed E-state index contributed by atoms with van der Waals surface area (Å²) < 4.78 is 0. The first-order valence-electron chi connectivity index (χ1n) is 4.52. The topological polar surface area (TPSA) is 57.6 Å². The van der Waals surface area contributed by atoms with Crippen molar-refractivity contribution in [1.82, 2.24) is 4.90 Å². The number of amides is 1. The van der Waals surface area contributed by atoms with Crippen molar-refractivity contribution in [3.63, 3.8) is 0 Å². The molecule has 0 fully saturated rings. The number of carbonyl (C=O) groups is 2. The molecule has 82 valence electrons. The molecule has 0 radical (unpaired) electrons.